The van der Waals surface area contributed by atoms with Gasteiger partial charge in [0, 0.05) is 18.5 Å². The summed E-state index contributed by atoms with van der Waals surface area (Å²) in [6.07, 6.45) is 4.94. The monoisotopic (exact) mass is 240 g/mol. The maximum absolute atomic E-state index is 12.0. The van der Waals surface area contributed by atoms with E-state index in [1.165, 1.54) is 6.42 Å². The van der Waals surface area contributed by atoms with E-state index in [1.807, 2.05) is 0 Å². The van der Waals surface area contributed by atoms with Crippen molar-refractivity contribution in [2.24, 2.45) is 11.8 Å². The fraction of sp³-hybridized carbons (Fsp3) is 0.923. The minimum Gasteiger partial charge on any atom is -0.393 e. The number of hydrogen-bond donors (Lipinski definition) is 3. The molecule has 1 saturated carbocycles. The molecule has 0 bridgehead atoms. The Morgan fingerprint density at radius 1 is 1.35 bits per heavy atom. The standard InChI is InChI=1S/C13H24N2O2/c1-9-11(6-7-14-9)13(17)15-8-10-4-2-3-5-12(10)16/h9-12,14,16H,2-8H2,1H3,(H,15,17). The molecule has 1 heterocycles. The van der Waals surface area contributed by atoms with Gasteiger partial charge in [-0.05, 0) is 32.7 Å². The molecule has 17 heavy (non-hydrogen) atoms. The first kappa shape index (κ1) is 12.8. The predicted molar refractivity (Wildman–Crippen MR) is 66.5 cm³/mol. The van der Waals surface area contributed by atoms with Crippen molar-refractivity contribution in [1.82, 2.24) is 10.6 Å². The SMILES string of the molecule is CC1NCCC1C(=O)NCC1CCCCC1O. The number of nitrogens with one attached hydrogen (secondary N) is 2. The third kappa shape index (κ3) is 3.19. The summed E-state index contributed by atoms with van der Waals surface area (Å²) in [6.45, 7) is 3.64. The molecular weight excluding hydrogens is 216 g/mol. The van der Waals surface area contributed by atoms with Crippen LogP contribution in [0.15, 0.2) is 0 Å². The van der Waals surface area contributed by atoms with Gasteiger partial charge in [0.1, 0.15) is 0 Å². The van der Waals surface area contributed by atoms with Gasteiger partial charge >= 0.3 is 0 Å². The quantitative estimate of drug-likeness (QED) is 0.679. The number of carbonyl (C=O) groups is 1. The Balaban J connectivity index is 1.75. The fourth-order valence-electron chi connectivity index (χ4n) is 3.01. The van der Waals surface area contributed by atoms with Crippen LogP contribution in [-0.4, -0.2) is 36.2 Å². The molecule has 0 aromatic heterocycles. The predicted octanol–water partition coefficient (Wildman–Crippen LogP) is 0.652. The summed E-state index contributed by atoms with van der Waals surface area (Å²) in [5, 5.41) is 16.1. The van der Waals surface area contributed by atoms with Crippen molar-refractivity contribution >= 4 is 5.91 Å². The first-order chi connectivity index (χ1) is 8.18. The molecule has 0 aromatic rings. The minimum absolute atomic E-state index is 0.107. The Hall–Kier alpha value is -0.610. The first-order valence-electron chi connectivity index (χ1n) is 6.87. The normalized spacial score (nSPS) is 38.0. The lowest BCUT2D eigenvalue weighted by atomic mass is 9.86. The molecule has 1 aliphatic carbocycles. The average Bonchev–Trinajstić information content (AvgIpc) is 2.74. The number of aliphatic hydroxyl groups excluding tert-OH is 1. The van der Waals surface area contributed by atoms with Crippen LogP contribution in [0.25, 0.3) is 0 Å². The van der Waals surface area contributed by atoms with Gasteiger partial charge in [0.05, 0.1) is 12.0 Å². The summed E-state index contributed by atoms with van der Waals surface area (Å²) in [5.41, 5.74) is 0. The Morgan fingerprint density at radius 2 is 2.12 bits per heavy atom. The van der Waals surface area contributed by atoms with E-state index in [1.54, 1.807) is 0 Å². The average molecular weight is 240 g/mol. The van der Waals surface area contributed by atoms with E-state index in [0.29, 0.717) is 6.54 Å². The summed E-state index contributed by atoms with van der Waals surface area (Å²) < 4.78 is 0. The first-order valence-corrected chi connectivity index (χ1v) is 6.87. The van der Waals surface area contributed by atoms with E-state index in [2.05, 4.69) is 17.6 Å². The number of hydrogen-bond acceptors (Lipinski definition) is 3. The molecule has 2 rings (SSSR count). The number of rotatable bonds is 3. The number of aliphatic hydroxyl groups is 1. The lowest BCUT2D eigenvalue weighted by molar-refractivity contribution is -0.125. The summed E-state index contributed by atoms with van der Waals surface area (Å²) in [5.74, 6) is 0.522. The molecule has 1 amide bonds. The van der Waals surface area contributed by atoms with Crippen LogP contribution >= 0.6 is 0 Å². The molecule has 0 aromatic carbocycles. The summed E-state index contributed by atoms with van der Waals surface area (Å²) in [4.78, 5) is 12.0. The molecule has 4 atom stereocenters. The molecule has 0 spiro atoms. The van der Waals surface area contributed by atoms with Crippen LogP contribution in [-0.2, 0) is 4.79 Å². The van der Waals surface area contributed by atoms with Crippen molar-refractivity contribution in [1.29, 1.82) is 0 Å². The maximum atomic E-state index is 12.0. The Labute approximate surface area is 103 Å². The van der Waals surface area contributed by atoms with Gasteiger partial charge in [-0.15, -0.1) is 0 Å². The molecule has 4 nitrogen and oxygen atoms in total. The van der Waals surface area contributed by atoms with Crippen molar-refractivity contribution in [3.63, 3.8) is 0 Å². The van der Waals surface area contributed by atoms with Crippen LogP contribution in [0.2, 0.25) is 0 Å². The number of carbonyl (C=O) groups excluding carboxylic acids is 1. The highest BCUT2D eigenvalue weighted by molar-refractivity contribution is 5.79. The molecule has 1 aliphatic heterocycles. The molecule has 4 heteroatoms. The second kappa shape index (κ2) is 5.83. The van der Waals surface area contributed by atoms with Gasteiger partial charge in [0.25, 0.3) is 0 Å². The van der Waals surface area contributed by atoms with Crippen molar-refractivity contribution in [3.05, 3.63) is 0 Å². The van der Waals surface area contributed by atoms with Gasteiger partial charge in [-0.2, -0.15) is 0 Å². The highest BCUT2D eigenvalue weighted by atomic mass is 16.3. The minimum atomic E-state index is -0.219. The molecular formula is C13H24N2O2. The van der Waals surface area contributed by atoms with Gasteiger partial charge in [0.15, 0.2) is 0 Å². The molecule has 2 aliphatic rings. The van der Waals surface area contributed by atoms with Crippen LogP contribution in [0.3, 0.4) is 0 Å². The van der Waals surface area contributed by atoms with Gasteiger partial charge in [-0.1, -0.05) is 12.8 Å². The largest absolute Gasteiger partial charge is 0.393 e. The van der Waals surface area contributed by atoms with Gasteiger partial charge in [-0.3, -0.25) is 4.79 Å². The summed E-state index contributed by atoms with van der Waals surface area (Å²) in [6, 6.07) is 0.284. The zero-order valence-electron chi connectivity index (χ0n) is 10.6. The van der Waals surface area contributed by atoms with E-state index < -0.39 is 0 Å². The smallest absolute Gasteiger partial charge is 0.224 e. The molecule has 4 unspecified atom stereocenters. The van der Waals surface area contributed by atoms with Crippen LogP contribution in [0, 0.1) is 11.8 Å². The van der Waals surface area contributed by atoms with E-state index in [-0.39, 0.29) is 29.9 Å². The molecule has 2 fully saturated rings. The molecule has 0 radical (unpaired) electrons. The van der Waals surface area contributed by atoms with Gasteiger partial charge < -0.3 is 15.7 Å². The van der Waals surface area contributed by atoms with Crippen molar-refractivity contribution in [2.75, 3.05) is 13.1 Å². The highest BCUT2D eigenvalue weighted by Crippen LogP contribution is 2.24. The zero-order chi connectivity index (χ0) is 12.3. The lowest BCUT2D eigenvalue weighted by Crippen LogP contribution is -2.41. The molecule has 3 N–H and O–H groups in total. The Bertz CT molecular complexity index is 270. The number of amides is 1. The van der Waals surface area contributed by atoms with Crippen molar-refractivity contribution in [3.8, 4) is 0 Å². The second-order valence-corrected chi connectivity index (χ2v) is 5.50. The topological polar surface area (TPSA) is 61.4 Å². The second-order valence-electron chi connectivity index (χ2n) is 5.50. The maximum Gasteiger partial charge on any atom is 0.224 e. The molecule has 98 valence electrons. The zero-order valence-corrected chi connectivity index (χ0v) is 10.6. The van der Waals surface area contributed by atoms with Crippen molar-refractivity contribution < 1.29 is 9.90 Å². The summed E-state index contributed by atoms with van der Waals surface area (Å²) in [7, 11) is 0. The van der Waals surface area contributed by atoms with Crippen LogP contribution < -0.4 is 10.6 Å². The van der Waals surface area contributed by atoms with Gasteiger partial charge in [0.2, 0.25) is 5.91 Å². The highest BCUT2D eigenvalue weighted by Gasteiger charge is 2.30. The molecule has 1 saturated heterocycles. The van der Waals surface area contributed by atoms with Crippen molar-refractivity contribution in [2.45, 2.75) is 51.2 Å². The Morgan fingerprint density at radius 3 is 2.76 bits per heavy atom. The van der Waals surface area contributed by atoms with Crippen LogP contribution in [0.5, 0.6) is 0 Å². The van der Waals surface area contributed by atoms with Crippen LogP contribution in [0.1, 0.15) is 39.0 Å². The van der Waals surface area contributed by atoms with E-state index in [0.717, 1.165) is 32.2 Å². The lowest BCUT2D eigenvalue weighted by Gasteiger charge is -2.28. The van der Waals surface area contributed by atoms with E-state index in [9.17, 15) is 9.90 Å². The Kier molecular flexibility index (Phi) is 4.40. The summed E-state index contributed by atoms with van der Waals surface area (Å²) >= 11 is 0. The van der Waals surface area contributed by atoms with Crippen LogP contribution in [0.4, 0.5) is 0 Å². The van der Waals surface area contributed by atoms with E-state index in [4.69, 9.17) is 0 Å². The third-order valence-corrected chi connectivity index (χ3v) is 4.27. The van der Waals surface area contributed by atoms with Gasteiger partial charge in [-0.25, -0.2) is 0 Å². The third-order valence-electron chi connectivity index (χ3n) is 4.27. The fourth-order valence-corrected chi connectivity index (χ4v) is 3.01. The van der Waals surface area contributed by atoms with E-state index >= 15 is 0 Å².